The lowest BCUT2D eigenvalue weighted by Gasteiger charge is -2.11. The molecule has 1 atom stereocenters. The van der Waals surface area contributed by atoms with Gasteiger partial charge in [-0.15, -0.1) is 6.42 Å². The van der Waals surface area contributed by atoms with Gasteiger partial charge in [0, 0.05) is 16.6 Å². The Morgan fingerprint density at radius 1 is 1.60 bits per heavy atom. The van der Waals surface area contributed by atoms with E-state index in [0.717, 1.165) is 16.5 Å². The number of halogens is 1. The molecule has 1 aromatic rings. The minimum Gasteiger partial charge on any atom is -0.508 e. The minimum absolute atomic E-state index is 0.0587. The smallest absolute Gasteiger partial charge is 0.120 e. The van der Waals surface area contributed by atoms with Gasteiger partial charge in [0.25, 0.3) is 0 Å². The summed E-state index contributed by atoms with van der Waals surface area (Å²) in [7, 11) is 0. The summed E-state index contributed by atoms with van der Waals surface area (Å²) in [5.41, 5.74) is 0.845. The zero-order chi connectivity index (χ0) is 11.3. The highest BCUT2D eigenvalue weighted by molar-refractivity contribution is 9.10. The lowest BCUT2D eigenvalue weighted by molar-refractivity contribution is 0.461. The molecule has 0 saturated carbocycles. The fourth-order valence-corrected chi connectivity index (χ4v) is 1.66. The summed E-state index contributed by atoms with van der Waals surface area (Å²) >= 11 is 3.36. The van der Waals surface area contributed by atoms with E-state index >= 15 is 0 Å². The van der Waals surface area contributed by atoms with Gasteiger partial charge in [-0.25, -0.2) is 0 Å². The molecule has 1 unspecified atom stereocenters. The number of nitrogens with one attached hydrogen (secondary N) is 1. The van der Waals surface area contributed by atoms with Crippen LogP contribution >= 0.6 is 15.9 Å². The summed E-state index contributed by atoms with van der Waals surface area (Å²) in [6.45, 7) is 2.60. The number of benzene rings is 1. The third kappa shape index (κ3) is 3.58. The Morgan fingerprint density at radius 3 is 2.93 bits per heavy atom. The number of aromatic hydroxyl groups is 1. The molecule has 0 radical (unpaired) electrons. The van der Waals surface area contributed by atoms with Crippen molar-refractivity contribution in [3.05, 3.63) is 28.2 Å². The fraction of sp³-hybridized carbons (Fsp3) is 0.333. The highest BCUT2D eigenvalue weighted by Gasteiger charge is 2.04. The molecule has 2 N–H and O–H groups in total. The first-order valence-corrected chi connectivity index (χ1v) is 5.63. The monoisotopic (exact) mass is 267 g/mol. The van der Waals surface area contributed by atoms with Gasteiger partial charge in [-0.1, -0.05) is 28.8 Å². The lowest BCUT2D eigenvalue weighted by atomic mass is 10.1. The number of phenols is 1. The molecule has 0 heterocycles. The van der Waals surface area contributed by atoms with Gasteiger partial charge in [0.1, 0.15) is 5.75 Å². The number of hydrogen-bond donors (Lipinski definition) is 2. The van der Waals surface area contributed by atoms with E-state index < -0.39 is 0 Å². The third-order valence-electron chi connectivity index (χ3n) is 2.19. The van der Waals surface area contributed by atoms with E-state index in [0.29, 0.717) is 6.54 Å². The first kappa shape index (κ1) is 12.1. The molecule has 0 amide bonds. The summed E-state index contributed by atoms with van der Waals surface area (Å²) in [6.07, 6.45) is 6.21. The molecule has 0 saturated heterocycles. The van der Waals surface area contributed by atoms with Gasteiger partial charge in [0.15, 0.2) is 0 Å². The van der Waals surface area contributed by atoms with Crippen LogP contribution in [-0.2, 0) is 6.54 Å². The average Bonchev–Trinajstić information content (AvgIpc) is 2.24. The maximum atomic E-state index is 9.58. The Morgan fingerprint density at radius 2 is 2.33 bits per heavy atom. The molecular weight excluding hydrogens is 254 g/mol. The molecule has 1 aromatic carbocycles. The molecule has 15 heavy (non-hydrogen) atoms. The molecular formula is C12H14BrNO. The maximum Gasteiger partial charge on any atom is 0.120 e. The Kier molecular flexibility index (Phi) is 4.67. The van der Waals surface area contributed by atoms with Crippen molar-refractivity contribution in [3.63, 3.8) is 0 Å². The zero-order valence-corrected chi connectivity index (χ0v) is 10.2. The van der Waals surface area contributed by atoms with Crippen LogP contribution in [0.5, 0.6) is 5.75 Å². The summed E-state index contributed by atoms with van der Waals surface area (Å²) in [5.74, 6) is 2.94. The quantitative estimate of drug-likeness (QED) is 0.823. The van der Waals surface area contributed by atoms with Gasteiger partial charge in [-0.3, -0.25) is 5.32 Å². The SMILES string of the molecule is C#CC(CC)NCc1cc(Br)ccc1O. The van der Waals surface area contributed by atoms with Crippen molar-refractivity contribution in [2.75, 3.05) is 0 Å². The minimum atomic E-state index is 0.0587. The molecule has 80 valence electrons. The van der Waals surface area contributed by atoms with E-state index in [2.05, 4.69) is 27.2 Å². The molecule has 0 fully saturated rings. The van der Waals surface area contributed by atoms with Crippen molar-refractivity contribution >= 4 is 15.9 Å². The molecule has 0 aliphatic carbocycles. The van der Waals surface area contributed by atoms with Crippen molar-refractivity contribution < 1.29 is 5.11 Å². The van der Waals surface area contributed by atoms with Crippen molar-refractivity contribution in [3.8, 4) is 18.1 Å². The second-order valence-electron chi connectivity index (χ2n) is 3.28. The Labute approximate surface area is 98.8 Å². The number of phenolic OH excluding ortho intramolecular Hbond substituents is 1. The number of terminal acetylenes is 1. The zero-order valence-electron chi connectivity index (χ0n) is 8.63. The standard InChI is InChI=1S/C12H14BrNO/c1-3-11(4-2)14-8-9-7-10(13)5-6-12(9)15/h1,5-7,11,14-15H,4,8H2,2H3. The maximum absolute atomic E-state index is 9.58. The second-order valence-corrected chi connectivity index (χ2v) is 4.20. The predicted molar refractivity (Wildman–Crippen MR) is 65.6 cm³/mol. The van der Waals surface area contributed by atoms with Crippen LogP contribution in [0.4, 0.5) is 0 Å². The van der Waals surface area contributed by atoms with E-state index in [1.807, 2.05) is 13.0 Å². The van der Waals surface area contributed by atoms with Gasteiger partial charge in [-0.05, 0) is 24.6 Å². The highest BCUT2D eigenvalue weighted by atomic mass is 79.9. The van der Waals surface area contributed by atoms with Crippen LogP contribution in [0.15, 0.2) is 22.7 Å². The summed E-state index contributed by atoms with van der Waals surface area (Å²) < 4.78 is 0.950. The van der Waals surface area contributed by atoms with Crippen LogP contribution in [0.2, 0.25) is 0 Å². The van der Waals surface area contributed by atoms with Crippen LogP contribution in [0, 0.1) is 12.3 Å². The summed E-state index contributed by atoms with van der Waals surface area (Å²) in [5, 5.41) is 12.8. The highest BCUT2D eigenvalue weighted by Crippen LogP contribution is 2.21. The van der Waals surface area contributed by atoms with Crippen molar-refractivity contribution in [1.82, 2.24) is 5.32 Å². The van der Waals surface area contributed by atoms with Crippen molar-refractivity contribution in [1.29, 1.82) is 0 Å². The van der Waals surface area contributed by atoms with Gasteiger partial charge in [0.2, 0.25) is 0 Å². The van der Waals surface area contributed by atoms with Crippen LogP contribution in [0.25, 0.3) is 0 Å². The average molecular weight is 268 g/mol. The fourth-order valence-electron chi connectivity index (χ4n) is 1.25. The first-order valence-electron chi connectivity index (χ1n) is 4.84. The van der Waals surface area contributed by atoms with Gasteiger partial charge in [-0.2, -0.15) is 0 Å². The van der Waals surface area contributed by atoms with Crippen molar-refractivity contribution in [2.45, 2.75) is 25.9 Å². The van der Waals surface area contributed by atoms with Crippen LogP contribution in [0.1, 0.15) is 18.9 Å². The lowest BCUT2D eigenvalue weighted by Crippen LogP contribution is -2.26. The molecule has 2 nitrogen and oxygen atoms in total. The largest absolute Gasteiger partial charge is 0.508 e. The predicted octanol–water partition coefficient (Wildman–Crippen LogP) is 2.66. The molecule has 1 rings (SSSR count). The Balaban J connectivity index is 2.65. The van der Waals surface area contributed by atoms with E-state index in [4.69, 9.17) is 6.42 Å². The normalized spacial score (nSPS) is 12.1. The van der Waals surface area contributed by atoms with Gasteiger partial charge >= 0.3 is 0 Å². The molecule has 0 aliphatic rings. The molecule has 0 aromatic heterocycles. The van der Waals surface area contributed by atoms with Gasteiger partial charge in [0.05, 0.1) is 6.04 Å². The Hall–Kier alpha value is -0.980. The third-order valence-corrected chi connectivity index (χ3v) is 2.68. The second kappa shape index (κ2) is 5.79. The molecule has 0 aliphatic heterocycles. The van der Waals surface area contributed by atoms with E-state index in [1.165, 1.54) is 0 Å². The number of rotatable bonds is 4. The van der Waals surface area contributed by atoms with E-state index in [-0.39, 0.29) is 11.8 Å². The Bertz CT molecular complexity index is 370. The molecule has 3 heteroatoms. The topological polar surface area (TPSA) is 32.3 Å². The number of hydrogen-bond acceptors (Lipinski definition) is 2. The molecule has 0 spiro atoms. The van der Waals surface area contributed by atoms with Crippen LogP contribution in [0.3, 0.4) is 0 Å². The van der Waals surface area contributed by atoms with Gasteiger partial charge < -0.3 is 5.11 Å². The summed E-state index contributed by atoms with van der Waals surface area (Å²) in [6, 6.07) is 5.41. The summed E-state index contributed by atoms with van der Waals surface area (Å²) in [4.78, 5) is 0. The molecule has 0 bridgehead atoms. The van der Waals surface area contributed by atoms with Crippen molar-refractivity contribution in [2.24, 2.45) is 0 Å². The van der Waals surface area contributed by atoms with Crippen LogP contribution < -0.4 is 5.32 Å². The van der Waals surface area contributed by atoms with E-state index in [1.54, 1.807) is 12.1 Å². The first-order chi connectivity index (χ1) is 7.17. The van der Waals surface area contributed by atoms with E-state index in [9.17, 15) is 5.11 Å². The van der Waals surface area contributed by atoms with Crippen LogP contribution in [-0.4, -0.2) is 11.1 Å².